The van der Waals surface area contributed by atoms with Crippen LogP contribution in [0.15, 0.2) is 51.6 Å². The highest BCUT2D eigenvalue weighted by Gasteiger charge is 2.12. The van der Waals surface area contributed by atoms with Crippen LogP contribution >= 0.6 is 27.5 Å². The van der Waals surface area contributed by atoms with Gasteiger partial charge >= 0.3 is 0 Å². The first-order valence-electron chi connectivity index (χ1n) is 8.39. The van der Waals surface area contributed by atoms with Crippen LogP contribution in [0.4, 0.5) is 5.69 Å². The zero-order chi connectivity index (χ0) is 20.1. The number of halogens is 2. The molecule has 0 aliphatic rings. The Morgan fingerprint density at radius 3 is 2.63 bits per heavy atom. The number of allylic oxidation sites excluding steroid dienone is 1. The Morgan fingerprint density at radius 1 is 1.33 bits per heavy atom. The molecule has 2 aromatic carbocycles. The standard InChI is InChI=1S/C20H24BrClN4O/c1-12-10-14(19(23)13(2)20(22)25-3)8-9-18(12)27-11-15-16(21)6-5-7-17(15)26(4)24/h5-10,23,25H,11,24H2,1-4H3/b20-13-,23-19?. The summed E-state index contributed by atoms with van der Waals surface area (Å²) in [7, 11) is 3.53. The average molecular weight is 452 g/mol. The van der Waals surface area contributed by atoms with Crippen LogP contribution in [0.1, 0.15) is 23.6 Å². The lowest BCUT2D eigenvalue weighted by Crippen LogP contribution is -2.26. The van der Waals surface area contributed by atoms with Crippen molar-refractivity contribution in [3.8, 4) is 5.75 Å². The van der Waals surface area contributed by atoms with Crippen molar-refractivity contribution in [3.63, 3.8) is 0 Å². The molecule has 27 heavy (non-hydrogen) atoms. The predicted octanol–water partition coefficient (Wildman–Crippen LogP) is 4.70. The smallest absolute Gasteiger partial charge is 0.122 e. The highest BCUT2D eigenvalue weighted by atomic mass is 79.9. The number of ether oxygens (including phenoxy) is 1. The average Bonchev–Trinajstić information content (AvgIpc) is 2.65. The van der Waals surface area contributed by atoms with Gasteiger partial charge in [-0.05, 0) is 49.7 Å². The lowest BCUT2D eigenvalue weighted by Gasteiger charge is -2.19. The van der Waals surface area contributed by atoms with E-state index in [9.17, 15) is 0 Å². The molecule has 2 aromatic rings. The molecule has 4 N–H and O–H groups in total. The predicted molar refractivity (Wildman–Crippen MR) is 117 cm³/mol. The number of aryl methyl sites for hydroxylation is 1. The quantitative estimate of drug-likeness (QED) is 0.247. The summed E-state index contributed by atoms with van der Waals surface area (Å²) < 4.78 is 6.97. The minimum atomic E-state index is 0.375. The maximum absolute atomic E-state index is 8.33. The third-order valence-electron chi connectivity index (χ3n) is 4.23. The van der Waals surface area contributed by atoms with Crippen LogP contribution < -0.4 is 20.9 Å². The van der Waals surface area contributed by atoms with Gasteiger partial charge in [0.25, 0.3) is 0 Å². The number of nitrogens with zero attached hydrogens (tertiary/aromatic N) is 1. The number of nitrogens with two attached hydrogens (primary N) is 1. The minimum Gasteiger partial charge on any atom is -0.489 e. The normalized spacial score (nSPS) is 11.7. The molecular formula is C20H24BrClN4O. The zero-order valence-electron chi connectivity index (χ0n) is 15.9. The molecular weight excluding hydrogens is 428 g/mol. The third-order valence-corrected chi connectivity index (χ3v) is 5.45. The van der Waals surface area contributed by atoms with Crippen molar-refractivity contribution in [2.45, 2.75) is 20.5 Å². The van der Waals surface area contributed by atoms with Crippen LogP contribution in [0, 0.1) is 12.3 Å². The summed E-state index contributed by atoms with van der Waals surface area (Å²) in [6.45, 7) is 4.15. The Bertz CT molecular complexity index is 880. The Balaban J connectivity index is 2.22. The molecule has 0 spiro atoms. The Hall–Kier alpha value is -2.02. The first-order valence-corrected chi connectivity index (χ1v) is 9.56. The first kappa shape index (κ1) is 21.3. The van der Waals surface area contributed by atoms with Gasteiger partial charge in [-0.3, -0.25) is 5.41 Å². The van der Waals surface area contributed by atoms with Crippen molar-refractivity contribution in [3.05, 3.63) is 68.3 Å². The SMILES string of the molecule is CN/C(Cl)=C(/C)C(=N)c1ccc(OCc2c(Br)cccc2N(C)N)c(C)c1. The first-order chi connectivity index (χ1) is 12.8. The molecule has 0 radical (unpaired) electrons. The molecule has 7 heteroatoms. The summed E-state index contributed by atoms with van der Waals surface area (Å²) in [5, 5.41) is 13.2. The minimum absolute atomic E-state index is 0.375. The zero-order valence-corrected chi connectivity index (χ0v) is 18.2. The number of nitrogens with one attached hydrogen (secondary N) is 2. The van der Waals surface area contributed by atoms with Crippen LogP contribution in [-0.4, -0.2) is 19.8 Å². The molecule has 0 heterocycles. The summed E-state index contributed by atoms with van der Waals surface area (Å²) in [6, 6.07) is 11.5. The van der Waals surface area contributed by atoms with E-state index in [1.54, 1.807) is 19.1 Å². The summed E-state index contributed by atoms with van der Waals surface area (Å²) in [6.07, 6.45) is 0. The fourth-order valence-corrected chi connectivity index (χ4v) is 3.22. The molecule has 0 atom stereocenters. The van der Waals surface area contributed by atoms with Gasteiger partial charge in [-0.25, -0.2) is 5.84 Å². The van der Waals surface area contributed by atoms with E-state index in [1.165, 1.54) is 0 Å². The van der Waals surface area contributed by atoms with Crippen molar-refractivity contribution in [1.29, 1.82) is 5.41 Å². The highest BCUT2D eigenvalue weighted by molar-refractivity contribution is 9.10. The maximum atomic E-state index is 8.33. The summed E-state index contributed by atoms with van der Waals surface area (Å²) in [4.78, 5) is 0. The van der Waals surface area contributed by atoms with Gasteiger partial charge in [0, 0.05) is 35.3 Å². The molecule has 0 unspecified atom stereocenters. The molecule has 0 saturated heterocycles. The summed E-state index contributed by atoms with van der Waals surface area (Å²) in [5.41, 5.74) is 4.66. The van der Waals surface area contributed by atoms with Crippen molar-refractivity contribution in [2.75, 3.05) is 19.1 Å². The van der Waals surface area contributed by atoms with Crippen LogP contribution in [0.2, 0.25) is 0 Å². The lowest BCUT2D eigenvalue weighted by molar-refractivity contribution is 0.303. The van der Waals surface area contributed by atoms with E-state index in [4.69, 9.17) is 27.6 Å². The van der Waals surface area contributed by atoms with E-state index >= 15 is 0 Å². The van der Waals surface area contributed by atoms with Gasteiger partial charge in [-0.15, -0.1) is 0 Å². The number of anilines is 1. The molecule has 0 aliphatic heterocycles. The lowest BCUT2D eigenvalue weighted by atomic mass is 10.0. The summed E-state index contributed by atoms with van der Waals surface area (Å²) in [5.74, 6) is 6.67. The number of hydrogen-bond acceptors (Lipinski definition) is 5. The highest BCUT2D eigenvalue weighted by Crippen LogP contribution is 2.29. The van der Waals surface area contributed by atoms with Crippen molar-refractivity contribution in [1.82, 2.24) is 5.32 Å². The molecule has 144 valence electrons. The fourth-order valence-electron chi connectivity index (χ4n) is 2.65. The Kier molecular flexibility index (Phi) is 7.30. The van der Waals surface area contributed by atoms with Crippen molar-refractivity contribution < 1.29 is 4.74 Å². The van der Waals surface area contributed by atoms with Gasteiger partial charge in [0.05, 0.1) is 11.4 Å². The second-order valence-electron chi connectivity index (χ2n) is 6.18. The van der Waals surface area contributed by atoms with Crippen molar-refractivity contribution in [2.24, 2.45) is 5.84 Å². The van der Waals surface area contributed by atoms with Crippen molar-refractivity contribution >= 4 is 38.9 Å². The number of hydrazine groups is 1. The molecule has 2 rings (SSSR count). The largest absolute Gasteiger partial charge is 0.489 e. The monoisotopic (exact) mass is 450 g/mol. The molecule has 0 saturated carbocycles. The van der Waals surface area contributed by atoms with Gasteiger partial charge < -0.3 is 15.1 Å². The second-order valence-corrected chi connectivity index (χ2v) is 7.41. The van der Waals surface area contributed by atoms with E-state index in [-0.39, 0.29) is 0 Å². The maximum Gasteiger partial charge on any atom is 0.122 e. The molecule has 0 aromatic heterocycles. The van der Waals surface area contributed by atoms with Gasteiger partial charge in [0.15, 0.2) is 0 Å². The number of hydrogen-bond donors (Lipinski definition) is 3. The third kappa shape index (κ3) is 5.03. The molecule has 0 amide bonds. The fraction of sp³-hybridized carbons (Fsp3) is 0.250. The van der Waals surface area contributed by atoms with Crippen LogP contribution in [0.5, 0.6) is 5.75 Å². The second kappa shape index (κ2) is 9.26. The number of rotatable bonds is 7. The Labute approximate surface area is 173 Å². The van der Waals surface area contributed by atoms with E-state index < -0.39 is 0 Å². The van der Waals surface area contributed by atoms with E-state index in [1.807, 2.05) is 50.2 Å². The Morgan fingerprint density at radius 2 is 2.04 bits per heavy atom. The molecule has 0 aliphatic carbocycles. The summed E-state index contributed by atoms with van der Waals surface area (Å²) >= 11 is 9.65. The van der Waals surface area contributed by atoms with Crippen LogP contribution in [0.25, 0.3) is 0 Å². The topological polar surface area (TPSA) is 74.4 Å². The van der Waals surface area contributed by atoms with Gasteiger partial charge in [-0.2, -0.15) is 0 Å². The van der Waals surface area contributed by atoms with E-state index in [0.717, 1.165) is 32.6 Å². The van der Waals surface area contributed by atoms with Gasteiger partial charge in [-0.1, -0.05) is 33.6 Å². The van der Waals surface area contributed by atoms with E-state index in [0.29, 0.717) is 23.0 Å². The van der Waals surface area contributed by atoms with E-state index in [2.05, 4.69) is 21.2 Å². The molecule has 0 bridgehead atoms. The number of benzene rings is 2. The van der Waals surface area contributed by atoms with Crippen LogP contribution in [0.3, 0.4) is 0 Å². The van der Waals surface area contributed by atoms with Gasteiger partial charge in [0.1, 0.15) is 17.5 Å². The molecule has 5 nitrogen and oxygen atoms in total. The molecule has 0 fully saturated rings. The van der Waals surface area contributed by atoms with Gasteiger partial charge in [0.2, 0.25) is 0 Å². The van der Waals surface area contributed by atoms with Crippen LogP contribution in [-0.2, 0) is 6.61 Å².